The molecule has 0 fully saturated rings. The van der Waals surface area contributed by atoms with Crippen LogP contribution in [0.2, 0.25) is 0 Å². The lowest BCUT2D eigenvalue weighted by Gasteiger charge is -2.04. The van der Waals surface area contributed by atoms with Crippen LogP contribution in [0, 0.1) is 5.82 Å². The van der Waals surface area contributed by atoms with Crippen LogP contribution in [0.5, 0.6) is 0 Å². The molecule has 92 valence electrons. The highest BCUT2D eigenvalue weighted by atomic mass is 32.2. The topological polar surface area (TPSA) is 63.3 Å². The Hall–Kier alpha value is -1.49. The summed E-state index contributed by atoms with van der Waals surface area (Å²) in [4.78, 5) is 11.4. The first-order valence-electron chi connectivity index (χ1n) is 5.14. The van der Waals surface area contributed by atoms with E-state index in [2.05, 4.69) is 0 Å². The highest BCUT2D eigenvalue weighted by molar-refractivity contribution is 7.99. The zero-order valence-corrected chi connectivity index (χ0v) is 10.3. The van der Waals surface area contributed by atoms with Gasteiger partial charge in [0, 0.05) is 21.9 Å². The van der Waals surface area contributed by atoms with E-state index in [1.165, 1.54) is 30.0 Å². The van der Waals surface area contributed by atoms with Crippen molar-refractivity contribution in [2.24, 2.45) is 0 Å². The van der Waals surface area contributed by atoms with Gasteiger partial charge in [-0.15, -0.1) is 11.8 Å². The second-order valence-corrected chi connectivity index (χ2v) is 4.44. The lowest BCUT2D eigenvalue weighted by atomic mass is 10.2. The molecule has 0 amide bonds. The number of thioether (sulfide) groups is 1. The van der Waals surface area contributed by atoms with Gasteiger partial charge in [0.25, 0.3) is 0 Å². The van der Waals surface area contributed by atoms with Crippen molar-refractivity contribution in [3.8, 4) is 0 Å². The van der Waals surface area contributed by atoms with Crippen LogP contribution in [0.1, 0.15) is 13.3 Å². The minimum atomic E-state index is -0.916. The Morgan fingerprint density at radius 2 is 2.29 bits per heavy atom. The molecule has 1 aromatic carbocycles. The number of nitrogen functional groups attached to an aromatic ring is 1. The second-order valence-electron chi connectivity index (χ2n) is 3.38. The molecule has 0 spiro atoms. The molecule has 0 saturated heterocycles. The summed E-state index contributed by atoms with van der Waals surface area (Å²) in [5.41, 5.74) is 6.53. The van der Waals surface area contributed by atoms with E-state index in [4.69, 9.17) is 10.8 Å². The average Bonchev–Trinajstić information content (AvgIpc) is 2.28. The summed E-state index contributed by atoms with van der Waals surface area (Å²) in [7, 11) is 0. The first-order chi connectivity index (χ1) is 8.04. The molecule has 0 atom stereocenters. The van der Waals surface area contributed by atoms with E-state index in [1.54, 1.807) is 13.0 Å². The highest BCUT2D eigenvalue weighted by Crippen LogP contribution is 2.26. The number of aliphatic carboxylic acids is 1. The normalized spacial score (nSPS) is 11.5. The SMILES string of the molecule is CCC(=CCSc1cc(F)ccc1N)C(=O)O. The fraction of sp³-hybridized carbons (Fsp3) is 0.250. The van der Waals surface area contributed by atoms with E-state index >= 15 is 0 Å². The third kappa shape index (κ3) is 4.11. The molecule has 1 aromatic rings. The van der Waals surface area contributed by atoms with Gasteiger partial charge >= 0.3 is 5.97 Å². The second kappa shape index (κ2) is 6.30. The van der Waals surface area contributed by atoms with Gasteiger partial charge in [0.1, 0.15) is 5.82 Å². The molecule has 0 aliphatic rings. The molecule has 0 unspecified atom stereocenters. The number of halogens is 1. The van der Waals surface area contributed by atoms with Gasteiger partial charge in [0.2, 0.25) is 0 Å². The number of nitrogens with two attached hydrogens (primary N) is 1. The number of carboxylic acid groups (broad SMARTS) is 1. The minimum Gasteiger partial charge on any atom is -0.478 e. The third-order valence-electron chi connectivity index (χ3n) is 2.20. The molecule has 0 saturated carbocycles. The van der Waals surface area contributed by atoms with Crippen LogP contribution in [-0.4, -0.2) is 16.8 Å². The van der Waals surface area contributed by atoms with Gasteiger partial charge in [-0.1, -0.05) is 13.0 Å². The molecule has 0 radical (unpaired) electrons. The molecule has 17 heavy (non-hydrogen) atoms. The Kier molecular flexibility index (Phi) is 5.03. The molecule has 0 heterocycles. The highest BCUT2D eigenvalue weighted by Gasteiger charge is 2.05. The fourth-order valence-electron chi connectivity index (χ4n) is 1.25. The van der Waals surface area contributed by atoms with Crippen LogP contribution >= 0.6 is 11.8 Å². The zero-order valence-electron chi connectivity index (χ0n) is 9.44. The Morgan fingerprint density at radius 1 is 1.59 bits per heavy atom. The molecular formula is C12H14FNO2S. The quantitative estimate of drug-likeness (QED) is 0.482. The van der Waals surface area contributed by atoms with Crippen LogP contribution in [0.25, 0.3) is 0 Å². The first-order valence-corrected chi connectivity index (χ1v) is 6.13. The maximum atomic E-state index is 12.9. The Morgan fingerprint density at radius 3 is 2.88 bits per heavy atom. The third-order valence-corrected chi connectivity index (χ3v) is 3.20. The Balaban J connectivity index is 2.67. The van der Waals surface area contributed by atoms with E-state index in [9.17, 15) is 9.18 Å². The molecule has 0 aliphatic carbocycles. The number of hydrogen-bond acceptors (Lipinski definition) is 3. The van der Waals surface area contributed by atoms with Gasteiger partial charge in [-0.05, 0) is 24.6 Å². The lowest BCUT2D eigenvalue weighted by molar-refractivity contribution is -0.132. The molecular weight excluding hydrogens is 241 g/mol. The smallest absolute Gasteiger partial charge is 0.331 e. The van der Waals surface area contributed by atoms with E-state index in [0.717, 1.165) is 0 Å². The van der Waals surface area contributed by atoms with Crippen LogP contribution < -0.4 is 5.73 Å². The number of rotatable bonds is 5. The molecule has 1 rings (SSSR count). The average molecular weight is 255 g/mol. The van der Waals surface area contributed by atoms with E-state index < -0.39 is 5.97 Å². The Labute approximate surface area is 104 Å². The summed E-state index contributed by atoms with van der Waals surface area (Å²) in [6.07, 6.45) is 2.09. The predicted molar refractivity (Wildman–Crippen MR) is 67.5 cm³/mol. The van der Waals surface area contributed by atoms with Gasteiger partial charge in [-0.3, -0.25) is 0 Å². The minimum absolute atomic E-state index is 0.348. The van der Waals surface area contributed by atoms with Crippen LogP contribution in [0.15, 0.2) is 34.7 Å². The molecule has 3 nitrogen and oxygen atoms in total. The monoisotopic (exact) mass is 255 g/mol. The van der Waals surface area contributed by atoms with Gasteiger partial charge in [0.05, 0.1) is 0 Å². The molecule has 0 bridgehead atoms. The molecule has 0 aliphatic heterocycles. The zero-order chi connectivity index (χ0) is 12.8. The molecule has 5 heteroatoms. The van der Waals surface area contributed by atoms with E-state index in [0.29, 0.717) is 28.3 Å². The number of hydrogen-bond donors (Lipinski definition) is 2. The van der Waals surface area contributed by atoms with Crippen molar-refractivity contribution in [1.29, 1.82) is 0 Å². The van der Waals surface area contributed by atoms with Crippen molar-refractivity contribution < 1.29 is 14.3 Å². The summed E-state index contributed by atoms with van der Waals surface area (Å²) in [5, 5.41) is 8.81. The fourth-order valence-corrected chi connectivity index (χ4v) is 2.14. The largest absolute Gasteiger partial charge is 0.478 e. The predicted octanol–water partition coefficient (Wildman–Crippen LogP) is 2.92. The van der Waals surface area contributed by atoms with Crippen molar-refractivity contribution in [2.75, 3.05) is 11.5 Å². The maximum absolute atomic E-state index is 12.9. The standard InChI is InChI=1S/C12H14FNO2S/c1-2-8(12(15)16)5-6-17-11-7-9(13)3-4-10(11)14/h3-5,7H,2,6,14H2,1H3,(H,15,16). The van der Waals surface area contributed by atoms with Crippen LogP contribution in [-0.2, 0) is 4.79 Å². The maximum Gasteiger partial charge on any atom is 0.331 e. The molecule has 3 N–H and O–H groups in total. The summed E-state index contributed by atoms with van der Waals surface area (Å²) < 4.78 is 12.9. The number of carbonyl (C=O) groups is 1. The van der Waals surface area contributed by atoms with Crippen LogP contribution in [0.3, 0.4) is 0 Å². The van der Waals surface area contributed by atoms with E-state index in [-0.39, 0.29) is 5.82 Å². The molecule has 0 aromatic heterocycles. The summed E-state index contributed by atoms with van der Waals surface area (Å²) in [6.45, 7) is 1.78. The summed E-state index contributed by atoms with van der Waals surface area (Å²) >= 11 is 1.32. The number of benzene rings is 1. The summed E-state index contributed by atoms with van der Waals surface area (Å²) in [5.74, 6) is -0.803. The van der Waals surface area contributed by atoms with Gasteiger partial charge in [-0.2, -0.15) is 0 Å². The van der Waals surface area contributed by atoms with Crippen molar-refractivity contribution in [1.82, 2.24) is 0 Å². The van der Waals surface area contributed by atoms with Crippen molar-refractivity contribution in [3.05, 3.63) is 35.7 Å². The van der Waals surface area contributed by atoms with Crippen LogP contribution in [0.4, 0.5) is 10.1 Å². The summed E-state index contributed by atoms with van der Waals surface area (Å²) in [6, 6.07) is 4.14. The number of anilines is 1. The lowest BCUT2D eigenvalue weighted by Crippen LogP contribution is -1.99. The van der Waals surface area contributed by atoms with Crippen molar-refractivity contribution in [2.45, 2.75) is 18.2 Å². The van der Waals surface area contributed by atoms with E-state index in [1.807, 2.05) is 0 Å². The van der Waals surface area contributed by atoms with Crippen molar-refractivity contribution in [3.63, 3.8) is 0 Å². The van der Waals surface area contributed by atoms with Gasteiger partial charge < -0.3 is 10.8 Å². The van der Waals surface area contributed by atoms with Crippen molar-refractivity contribution >= 4 is 23.4 Å². The number of carboxylic acids is 1. The Bertz CT molecular complexity index is 446. The first kappa shape index (κ1) is 13.6. The van der Waals surface area contributed by atoms with Gasteiger partial charge in [-0.25, -0.2) is 9.18 Å². The van der Waals surface area contributed by atoms with Gasteiger partial charge in [0.15, 0.2) is 0 Å².